The van der Waals surface area contributed by atoms with Crippen LogP contribution in [0.5, 0.6) is 17.4 Å². The lowest BCUT2D eigenvalue weighted by Crippen LogP contribution is -2.65. The van der Waals surface area contributed by atoms with E-state index in [0.717, 1.165) is 51.5 Å². The quantitative estimate of drug-likeness (QED) is 0.141. The van der Waals surface area contributed by atoms with Crippen LogP contribution in [0.3, 0.4) is 0 Å². The van der Waals surface area contributed by atoms with Crippen molar-refractivity contribution in [2.75, 3.05) is 53.3 Å². The van der Waals surface area contributed by atoms with Crippen LogP contribution in [-0.2, 0) is 15.6 Å². The maximum Gasteiger partial charge on any atom is 0.265 e. The number of rotatable bonds is 14. The lowest BCUT2D eigenvalue weighted by molar-refractivity contribution is -0.121. The average molecular weight is 809 g/mol. The van der Waals surface area contributed by atoms with E-state index in [1.54, 1.807) is 13.2 Å². The number of benzene rings is 1. The number of aliphatic hydroxyl groups excluding tert-OH is 1. The van der Waals surface area contributed by atoms with Crippen molar-refractivity contribution < 1.29 is 42.6 Å². The molecule has 314 valence electrons. The van der Waals surface area contributed by atoms with E-state index in [9.17, 15) is 9.90 Å². The molecule has 2 N–H and O–H groups in total. The topological polar surface area (TPSA) is 153 Å². The monoisotopic (exact) mass is 808 g/mol. The van der Waals surface area contributed by atoms with E-state index in [4.69, 9.17) is 23.2 Å². The maximum atomic E-state index is 15.5. The number of hydrogen-bond donors (Lipinski definition) is 2. The number of amides is 1. The van der Waals surface area contributed by atoms with Gasteiger partial charge in [-0.25, -0.2) is 0 Å². The van der Waals surface area contributed by atoms with Crippen molar-refractivity contribution in [2.24, 2.45) is 11.8 Å². The fraction of sp³-hybridized carbons (Fsp3) is 0.674. The molecular formula is C43H64N4O9Si. The van der Waals surface area contributed by atoms with E-state index < -0.39 is 43.4 Å². The lowest BCUT2D eigenvalue weighted by atomic mass is 9.58. The largest absolute Gasteiger partial charge is 0.508 e. The Balaban J connectivity index is 1.57. The third-order valence-electron chi connectivity index (χ3n) is 13.1. The number of fused-ring (bicyclic) bond motifs is 4. The summed E-state index contributed by atoms with van der Waals surface area (Å²) in [5.74, 6) is -1.61. The first-order valence-electron chi connectivity index (χ1n) is 20.8. The summed E-state index contributed by atoms with van der Waals surface area (Å²) in [6, 6.07) is 0.868. The summed E-state index contributed by atoms with van der Waals surface area (Å²) in [6.45, 7) is 15.9. The lowest BCUT2D eigenvalue weighted by Gasteiger charge is -2.55. The first-order chi connectivity index (χ1) is 26.9. The number of unbranched alkanes of at least 4 members (excludes halogenated alkanes) is 2. The van der Waals surface area contributed by atoms with Gasteiger partial charge in [-0.3, -0.25) is 24.2 Å². The predicted octanol–water partition coefficient (Wildman–Crippen LogP) is 7.91. The van der Waals surface area contributed by atoms with Crippen molar-refractivity contribution in [1.82, 2.24) is 15.0 Å². The van der Waals surface area contributed by atoms with E-state index in [1.807, 2.05) is 51.0 Å². The number of allylic oxidation sites excluding steroid dienone is 1. The highest BCUT2D eigenvalue weighted by Crippen LogP contribution is 2.60. The zero-order valence-corrected chi connectivity index (χ0v) is 36.9. The van der Waals surface area contributed by atoms with Crippen LogP contribution in [0.15, 0.2) is 21.9 Å². The summed E-state index contributed by atoms with van der Waals surface area (Å²) < 4.78 is 31.8. The Labute approximate surface area is 338 Å². The van der Waals surface area contributed by atoms with Crippen molar-refractivity contribution in [1.29, 1.82) is 0 Å². The fourth-order valence-electron chi connectivity index (χ4n) is 8.93. The van der Waals surface area contributed by atoms with Gasteiger partial charge in [0, 0.05) is 23.1 Å². The molecule has 1 unspecified atom stereocenters. The molecule has 14 heteroatoms. The normalized spacial score (nSPS) is 25.1. The van der Waals surface area contributed by atoms with Gasteiger partial charge in [0.2, 0.25) is 11.7 Å². The van der Waals surface area contributed by atoms with E-state index in [1.165, 1.54) is 0 Å². The number of anilines is 1. The van der Waals surface area contributed by atoms with Crippen LogP contribution in [0.25, 0.3) is 0 Å². The molecule has 0 spiro atoms. The standard InChI is InChI=1S/C43H64N4O9Si/c1-12-14-20-53-36-28(44-40(51)29-18-16-17-19-47(29)8)24-30(52-9)26-22-25-23-27-34(46(6)7)37-33(41(45-55-37)54-21-15-13-2)39(50)43(27,56-57(10,11)42(3,4)5)38(49)31(25)35(48)32(26)36/h24-25,27,29,34,49H,12-23H2,1-11H3,(H,44,51)/t25-,27-,29?,34-,43-/m0/s1. The zero-order valence-electron chi connectivity index (χ0n) is 35.9. The minimum absolute atomic E-state index is 0.0625. The van der Waals surface area contributed by atoms with E-state index in [2.05, 4.69) is 38.2 Å². The second-order valence-corrected chi connectivity index (χ2v) is 22.8. The molecule has 1 aromatic heterocycles. The zero-order chi connectivity index (χ0) is 41.6. The van der Waals surface area contributed by atoms with E-state index >= 15 is 9.59 Å². The number of nitrogens with one attached hydrogen (secondary N) is 1. The summed E-state index contributed by atoms with van der Waals surface area (Å²) >= 11 is 0. The van der Waals surface area contributed by atoms with Crippen LogP contribution in [0.1, 0.15) is 124 Å². The number of Topliss-reactive ketones (excluding diaryl/α,β-unsaturated/α-hetero) is 2. The second-order valence-electron chi connectivity index (χ2n) is 18.1. The van der Waals surface area contributed by atoms with Crippen molar-refractivity contribution in [2.45, 2.75) is 128 Å². The highest BCUT2D eigenvalue weighted by atomic mass is 28.4. The molecule has 57 heavy (non-hydrogen) atoms. The van der Waals surface area contributed by atoms with Crippen LogP contribution >= 0.6 is 0 Å². The third kappa shape index (κ3) is 7.44. The molecular weight excluding hydrogens is 745 g/mol. The number of methoxy groups -OCH3 is 1. The number of likely N-dealkylation sites (tertiary alicyclic amines) is 1. The van der Waals surface area contributed by atoms with Crippen LogP contribution in [0.4, 0.5) is 5.69 Å². The average Bonchev–Trinajstić information content (AvgIpc) is 3.56. The summed E-state index contributed by atoms with van der Waals surface area (Å²) in [6.07, 6.45) is 6.54. The van der Waals surface area contributed by atoms with E-state index in [0.29, 0.717) is 48.8 Å². The summed E-state index contributed by atoms with van der Waals surface area (Å²) in [5, 5.41) is 20.0. The van der Waals surface area contributed by atoms with Gasteiger partial charge in [0.15, 0.2) is 31.2 Å². The Bertz CT molecular complexity index is 1900. The molecule has 1 amide bonds. The number of likely N-dealkylation sites (N-methyl/N-ethyl adjacent to an activating group) is 1. The Kier molecular flexibility index (Phi) is 12.4. The number of carbonyl (C=O) groups is 3. The van der Waals surface area contributed by atoms with Gasteiger partial charge in [0.25, 0.3) is 5.88 Å². The van der Waals surface area contributed by atoms with Gasteiger partial charge < -0.3 is 33.6 Å². The number of piperidine rings is 1. The predicted molar refractivity (Wildman–Crippen MR) is 220 cm³/mol. The molecule has 1 aromatic carbocycles. The van der Waals surface area contributed by atoms with Gasteiger partial charge in [-0.15, -0.1) is 0 Å². The van der Waals surface area contributed by atoms with E-state index in [-0.39, 0.29) is 51.1 Å². The SMILES string of the molecule is CCCCOc1noc2c1C(=O)[C@@]1(O[Si](C)(C)C(C)(C)C)C(O)=C3C(=O)c4c(c(OC)cc(NC(=O)C5CCCCN5C)c4OCCCC)C[C@H]3C[C@H]1[C@@H]2N(C)C. The smallest absolute Gasteiger partial charge is 0.265 e. The first kappa shape index (κ1) is 42.9. The molecule has 2 aromatic rings. The molecule has 5 atom stereocenters. The molecule has 1 aliphatic heterocycles. The summed E-state index contributed by atoms with van der Waals surface area (Å²) in [7, 11) is 4.42. The van der Waals surface area contributed by atoms with Crippen LogP contribution in [-0.4, -0.2) is 106 Å². The van der Waals surface area contributed by atoms with Gasteiger partial charge in [0.1, 0.15) is 17.1 Å². The van der Waals surface area contributed by atoms with Gasteiger partial charge in [-0.05, 0) is 95.4 Å². The molecule has 0 radical (unpaired) electrons. The molecule has 2 heterocycles. The Morgan fingerprint density at radius 3 is 2.40 bits per heavy atom. The molecule has 1 fully saturated rings. The van der Waals surface area contributed by atoms with Crippen LogP contribution < -0.4 is 19.5 Å². The first-order valence-corrected chi connectivity index (χ1v) is 23.8. The molecule has 0 bridgehead atoms. The number of nitrogens with zero attached hydrogens (tertiary/aromatic N) is 3. The minimum Gasteiger partial charge on any atom is -0.508 e. The van der Waals surface area contributed by atoms with Crippen molar-refractivity contribution >= 4 is 31.5 Å². The number of ketones is 2. The Hall–Kier alpha value is -3.72. The van der Waals surface area contributed by atoms with Gasteiger partial charge >= 0.3 is 0 Å². The minimum atomic E-state index is -2.89. The maximum absolute atomic E-state index is 15.5. The summed E-state index contributed by atoms with van der Waals surface area (Å²) in [4.78, 5) is 48.8. The van der Waals surface area contributed by atoms with Crippen molar-refractivity contribution in [3.8, 4) is 17.4 Å². The Morgan fingerprint density at radius 2 is 1.79 bits per heavy atom. The molecule has 1 saturated heterocycles. The number of aromatic nitrogens is 1. The number of carbonyl (C=O) groups excluding carboxylic acids is 3. The Morgan fingerprint density at radius 1 is 1.11 bits per heavy atom. The van der Waals surface area contributed by atoms with Gasteiger partial charge in [-0.2, -0.15) is 0 Å². The van der Waals surface area contributed by atoms with Crippen molar-refractivity contribution in [3.63, 3.8) is 0 Å². The molecule has 13 nitrogen and oxygen atoms in total. The van der Waals surface area contributed by atoms with Crippen LogP contribution in [0, 0.1) is 11.8 Å². The highest BCUT2D eigenvalue weighted by molar-refractivity contribution is 6.74. The third-order valence-corrected chi connectivity index (χ3v) is 17.5. The van der Waals surface area contributed by atoms with Gasteiger partial charge in [0.05, 0.1) is 43.7 Å². The van der Waals surface area contributed by atoms with Crippen LogP contribution in [0.2, 0.25) is 18.1 Å². The number of hydrogen-bond acceptors (Lipinski definition) is 12. The fourth-order valence-corrected chi connectivity index (χ4v) is 10.4. The van der Waals surface area contributed by atoms with Crippen molar-refractivity contribution in [3.05, 3.63) is 39.8 Å². The molecule has 6 rings (SSSR count). The summed E-state index contributed by atoms with van der Waals surface area (Å²) in [5.41, 5.74) is -0.493. The van der Waals surface area contributed by atoms with Gasteiger partial charge in [-0.1, -0.05) is 53.9 Å². The second kappa shape index (κ2) is 16.5. The molecule has 3 aliphatic carbocycles. The number of aliphatic hydroxyl groups is 1. The highest BCUT2D eigenvalue weighted by Gasteiger charge is 2.67. The molecule has 4 aliphatic rings. The number of ether oxygens (including phenoxy) is 3. The molecule has 0 saturated carbocycles.